The summed E-state index contributed by atoms with van der Waals surface area (Å²) in [6.45, 7) is 3.56. The number of aromatic nitrogens is 2. The van der Waals surface area contributed by atoms with Crippen LogP contribution in [-0.2, 0) is 10.0 Å². The highest BCUT2D eigenvalue weighted by molar-refractivity contribution is 7.89. The molecule has 0 unspecified atom stereocenters. The first kappa shape index (κ1) is 17.7. The van der Waals surface area contributed by atoms with Gasteiger partial charge in [-0.25, -0.2) is 8.42 Å². The molecule has 0 amide bonds. The van der Waals surface area contributed by atoms with Crippen LogP contribution in [0.15, 0.2) is 63.9 Å². The number of piperazine rings is 1. The maximum atomic E-state index is 12.9. The fourth-order valence-corrected chi connectivity index (χ4v) is 4.79. The summed E-state index contributed by atoms with van der Waals surface area (Å²) in [5, 5.41) is 8.22. The fourth-order valence-electron chi connectivity index (χ4n) is 3.15. The molecule has 0 bridgehead atoms. The standard InChI is InChI=1S/C19H20N4O3S/c1-15-7-5-6-10-17(15)27(24,25)23-13-11-22(12-14-23)19-21-20-18(26-19)16-8-3-2-4-9-16/h2-10H,11-14H2,1H3. The molecule has 0 aliphatic carbocycles. The number of hydrogen-bond donors (Lipinski definition) is 0. The van der Waals surface area contributed by atoms with Gasteiger partial charge in [0.2, 0.25) is 15.9 Å². The van der Waals surface area contributed by atoms with Crippen LogP contribution in [0.1, 0.15) is 5.56 Å². The molecule has 0 radical (unpaired) electrons. The van der Waals surface area contributed by atoms with Crippen LogP contribution < -0.4 is 4.90 Å². The lowest BCUT2D eigenvalue weighted by Crippen LogP contribution is -2.48. The van der Waals surface area contributed by atoms with Crippen LogP contribution in [0, 0.1) is 6.92 Å². The highest BCUT2D eigenvalue weighted by Gasteiger charge is 2.30. The van der Waals surface area contributed by atoms with Crippen molar-refractivity contribution < 1.29 is 12.8 Å². The van der Waals surface area contributed by atoms with E-state index in [1.807, 2.05) is 54.3 Å². The number of aryl methyl sites for hydroxylation is 1. The Morgan fingerprint density at radius 1 is 0.889 bits per heavy atom. The Labute approximate surface area is 158 Å². The van der Waals surface area contributed by atoms with E-state index in [-0.39, 0.29) is 0 Å². The Morgan fingerprint density at radius 3 is 2.26 bits per heavy atom. The number of benzene rings is 2. The van der Waals surface area contributed by atoms with Gasteiger partial charge in [-0.3, -0.25) is 0 Å². The Kier molecular flexibility index (Phi) is 4.67. The van der Waals surface area contributed by atoms with Crippen molar-refractivity contribution in [3.63, 3.8) is 0 Å². The molecule has 140 valence electrons. The molecule has 1 aromatic heterocycles. The molecule has 1 fully saturated rings. The molecule has 1 aliphatic heterocycles. The molecule has 0 spiro atoms. The molecule has 2 aromatic carbocycles. The number of rotatable bonds is 4. The van der Waals surface area contributed by atoms with Gasteiger partial charge in [-0.2, -0.15) is 4.31 Å². The van der Waals surface area contributed by atoms with Gasteiger partial charge in [-0.1, -0.05) is 41.5 Å². The first-order valence-corrected chi connectivity index (χ1v) is 10.2. The van der Waals surface area contributed by atoms with E-state index in [4.69, 9.17) is 4.42 Å². The SMILES string of the molecule is Cc1ccccc1S(=O)(=O)N1CCN(c2nnc(-c3ccccc3)o2)CC1. The zero-order chi connectivity index (χ0) is 18.9. The second-order valence-corrected chi connectivity index (χ2v) is 8.32. The summed E-state index contributed by atoms with van der Waals surface area (Å²) < 4.78 is 33.1. The van der Waals surface area contributed by atoms with E-state index in [9.17, 15) is 8.42 Å². The van der Waals surface area contributed by atoms with Crippen molar-refractivity contribution in [1.29, 1.82) is 0 Å². The summed E-state index contributed by atoms with van der Waals surface area (Å²) in [6, 6.07) is 17.0. The lowest BCUT2D eigenvalue weighted by molar-refractivity contribution is 0.372. The molecule has 27 heavy (non-hydrogen) atoms. The predicted molar refractivity (Wildman–Crippen MR) is 102 cm³/mol. The van der Waals surface area contributed by atoms with Crippen LogP contribution in [0.3, 0.4) is 0 Å². The van der Waals surface area contributed by atoms with Gasteiger partial charge in [0.25, 0.3) is 0 Å². The summed E-state index contributed by atoms with van der Waals surface area (Å²) in [5.41, 5.74) is 1.61. The van der Waals surface area contributed by atoms with E-state index in [0.29, 0.717) is 43.0 Å². The van der Waals surface area contributed by atoms with Gasteiger partial charge in [0.1, 0.15) is 0 Å². The molecule has 2 heterocycles. The van der Waals surface area contributed by atoms with Crippen molar-refractivity contribution in [3.05, 3.63) is 60.2 Å². The van der Waals surface area contributed by atoms with Crippen LogP contribution >= 0.6 is 0 Å². The van der Waals surface area contributed by atoms with Crippen LogP contribution in [0.25, 0.3) is 11.5 Å². The minimum atomic E-state index is -3.50. The molecular weight excluding hydrogens is 364 g/mol. The van der Waals surface area contributed by atoms with Gasteiger partial charge >= 0.3 is 6.01 Å². The largest absolute Gasteiger partial charge is 0.403 e. The van der Waals surface area contributed by atoms with Crippen molar-refractivity contribution in [3.8, 4) is 11.5 Å². The van der Waals surface area contributed by atoms with Gasteiger partial charge in [-0.15, -0.1) is 5.10 Å². The van der Waals surface area contributed by atoms with Gasteiger partial charge in [0.05, 0.1) is 4.90 Å². The Morgan fingerprint density at radius 2 is 1.56 bits per heavy atom. The monoisotopic (exact) mass is 384 g/mol. The van der Waals surface area contributed by atoms with Gasteiger partial charge in [0, 0.05) is 31.7 Å². The zero-order valence-corrected chi connectivity index (χ0v) is 15.8. The third-order valence-electron chi connectivity index (χ3n) is 4.66. The minimum absolute atomic E-state index is 0.364. The lowest BCUT2D eigenvalue weighted by Gasteiger charge is -2.33. The molecule has 0 N–H and O–H groups in total. The lowest BCUT2D eigenvalue weighted by atomic mass is 10.2. The maximum absolute atomic E-state index is 12.9. The van der Waals surface area contributed by atoms with Gasteiger partial charge in [-0.05, 0) is 30.7 Å². The molecule has 0 atom stereocenters. The molecular formula is C19H20N4O3S. The average molecular weight is 384 g/mol. The predicted octanol–water partition coefficient (Wildman–Crippen LogP) is 2.56. The molecule has 8 heteroatoms. The van der Waals surface area contributed by atoms with Crippen LogP contribution in [0.2, 0.25) is 0 Å². The second-order valence-electron chi connectivity index (χ2n) is 6.41. The summed E-state index contributed by atoms with van der Waals surface area (Å²) in [5.74, 6) is 0.459. The molecule has 4 rings (SSSR count). The van der Waals surface area contributed by atoms with E-state index in [0.717, 1.165) is 11.1 Å². The first-order chi connectivity index (χ1) is 13.1. The first-order valence-electron chi connectivity index (χ1n) is 8.75. The molecule has 0 saturated carbocycles. The Balaban J connectivity index is 1.47. The third kappa shape index (κ3) is 3.45. The van der Waals surface area contributed by atoms with E-state index < -0.39 is 10.0 Å². The number of hydrogen-bond acceptors (Lipinski definition) is 6. The molecule has 1 aliphatic rings. The van der Waals surface area contributed by atoms with Crippen molar-refractivity contribution in [2.75, 3.05) is 31.1 Å². The average Bonchev–Trinajstić information content (AvgIpc) is 3.19. The topological polar surface area (TPSA) is 79.5 Å². The van der Waals surface area contributed by atoms with Crippen LogP contribution in [0.5, 0.6) is 0 Å². The molecule has 7 nitrogen and oxygen atoms in total. The summed E-state index contributed by atoms with van der Waals surface area (Å²) in [7, 11) is -3.50. The quantitative estimate of drug-likeness (QED) is 0.688. The van der Waals surface area contributed by atoms with E-state index in [2.05, 4.69) is 10.2 Å². The number of anilines is 1. The smallest absolute Gasteiger partial charge is 0.318 e. The highest BCUT2D eigenvalue weighted by atomic mass is 32.2. The third-order valence-corrected chi connectivity index (χ3v) is 6.71. The molecule has 1 saturated heterocycles. The zero-order valence-electron chi connectivity index (χ0n) is 14.9. The van der Waals surface area contributed by atoms with Crippen molar-refractivity contribution in [1.82, 2.24) is 14.5 Å². The van der Waals surface area contributed by atoms with Crippen molar-refractivity contribution in [2.45, 2.75) is 11.8 Å². The normalized spacial score (nSPS) is 15.8. The van der Waals surface area contributed by atoms with E-state index in [1.54, 1.807) is 12.1 Å². The van der Waals surface area contributed by atoms with Crippen LogP contribution in [-0.4, -0.2) is 49.1 Å². The summed E-state index contributed by atoms with van der Waals surface area (Å²) >= 11 is 0. The summed E-state index contributed by atoms with van der Waals surface area (Å²) in [6.07, 6.45) is 0. The van der Waals surface area contributed by atoms with E-state index in [1.165, 1.54) is 4.31 Å². The Hall–Kier alpha value is -2.71. The van der Waals surface area contributed by atoms with Gasteiger partial charge < -0.3 is 9.32 Å². The highest BCUT2D eigenvalue weighted by Crippen LogP contribution is 2.25. The fraction of sp³-hybridized carbons (Fsp3) is 0.263. The maximum Gasteiger partial charge on any atom is 0.318 e. The van der Waals surface area contributed by atoms with Gasteiger partial charge in [0.15, 0.2) is 0 Å². The van der Waals surface area contributed by atoms with Crippen molar-refractivity contribution >= 4 is 16.0 Å². The van der Waals surface area contributed by atoms with Crippen molar-refractivity contribution in [2.24, 2.45) is 0 Å². The number of sulfonamides is 1. The molecule has 3 aromatic rings. The summed E-state index contributed by atoms with van der Waals surface area (Å²) in [4.78, 5) is 2.28. The minimum Gasteiger partial charge on any atom is -0.403 e. The van der Waals surface area contributed by atoms with E-state index >= 15 is 0 Å². The Bertz CT molecular complexity index is 1030. The second kappa shape index (κ2) is 7.13. The number of nitrogens with zero attached hydrogens (tertiary/aromatic N) is 4. The van der Waals surface area contributed by atoms with Crippen LogP contribution in [0.4, 0.5) is 6.01 Å².